The third-order valence-electron chi connectivity index (χ3n) is 3.96. The molecule has 0 spiro atoms. The van der Waals surface area contributed by atoms with Crippen LogP contribution in [0.4, 0.5) is 18.9 Å². The summed E-state index contributed by atoms with van der Waals surface area (Å²) in [5.74, 6) is -3.52. The Morgan fingerprint density at radius 2 is 1.83 bits per heavy atom. The minimum atomic E-state index is -1.41. The molecule has 0 aromatic heterocycles. The fourth-order valence-corrected chi connectivity index (χ4v) is 2.47. The number of nitrogens with two attached hydrogens (primary N) is 1. The van der Waals surface area contributed by atoms with Crippen LogP contribution in [0.15, 0.2) is 12.1 Å². The maximum Gasteiger partial charge on any atom is 0.196 e. The standard InChI is InChI=1S/C13H17F3N2/c1-7-8(2)18(6-5-10(7)17)11-4-3-9(14)12(15)13(11)16/h3-4,7-8,10H,5-6,17H2,1-2H3. The average Bonchev–Trinajstić information content (AvgIpc) is 2.35. The van der Waals surface area contributed by atoms with Gasteiger partial charge in [0.25, 0.3) is 0 Å². The Kier molecular flexibility index (Phi) is 3.52. The van der Waals surface area contributed by atoms with E-state index in [1.54, 1.807) is 4.90 Å². The van der Waals surface area contributed by atoms with Gasteiger partial charge in [0.05, 0.1) is 5.69 Å². The Hall–Kier alpha value is -1.23. The molecule has 3 unspecified atom stereocenters. The van der Waals surface area contributed by atoms with Crippen molar-refractivity contribution in [3.63, 3.8) is 0 Å². The molecule has 0 bridgehead atoms. The first-order chi connectivity index (χ1) is 8.43. The van der Waals surface area contributed by atoms with Crippen LogP contribution in [0.1, 0.15) is 20.3 Å². The topological polar surface area (TPSA) is 29.3 Å². The van der Waals surface area contributed by atoms with Crippen molar-refractivity contribution in [3.8, 4) is 0 Å². The van der Waals surface area contributed by atoms with Gasteiger partial charge in [-0.05, 0) is 31.4 Å². The SMILES string of the molecule is CC1C(N)CCN(c2ccc(F)c(F)c2F)C1C. The van der Waals surface area contributed by atoms with E-state index in [0.29, 0.717) is 13.0 Å². The molecule has 0 saturated carbocycles. The summed E-state index contributed by atoms with van der Waals surface area (Å²) in [7, 11) is 0. The van der Waals surface area contributed by atoms with Crippen LogP contribution < -0.4 is 10.6 Å². The number of benzene rings is 1. The first-order valence-electron chi connectivity index (χ1n) is 6.09. The number of halogens is 3. The molecule has 2 rings (SSSR count). The van der Waals surface area contributed by atoms with Crippen LogP contribution in [0, 0.1) is 23.4 Å². The number of hydrogen-bond donors (Lipinski definition) is 1. The van der Waals surface area contributed by atoms with Crippen molar-refractivity contribution in [2.75, 3.05) is 11.4 Å². The molecule has 0 amide bonds. The van der Waals surface area contributed by atoms with E-state index in [4.69, 9.17) is 5.73 Å². The highest BCUT2D eigenvalue weighted by Crippen LogP contribution is 2.31. The molecule has 0 radical (unpaired) electrons. The van der Waals surface area contributed by atoms with E-state index in [1.807, 2.05) is 13.8 Å². The van der Waals surface area contributed by atoms with Crippen LogP contribution in [0.5, 0.6) is 0 Å². The smallest absolute Gasteiger partial charge is 0.196 e. The fourth-order valence-electron chi connectivity index (χ4n) is 2.47. The Balaban J connectivity index is 2.35. The molecule has 1 aromatic rings. The Bertz CT molecular complexity index is 450. The fraction of sp³-hybridized carbons (Fsp3) is 0.538. The lowest BCUT2D eigenvalue weighted by atomic mass is 9.87. The molecular formula is C13H17F3N2. The Labute approximate surface area is 105 Å². The van der Waals surface area contributed by atoms with Gasteiger partial charge in [0.15, 0.2) is 17.5 Å². The van der Waals surface area contributed by atoms with E-state index in [0.717, 1.165) is 6.07 Å². The summed E-state index contributed by atoms with van der Waals surface area (Å²) < 4.78 is 39.9. The molecule has 2 nitrogen and oxygen atoms in total. The number of piperidine rings is 1. The highest BCUT2D eigenvalue weighted by atomic mass is 19.2. The summed E-state index contributed by atoms with van der Waals surface area (Å²) >= 11 is 0. The predicted octanol–water partition coefficient (Wildman–Crippen LogP) is 2.67. The van der Waals surface area contributed by atoms with Crippen molar-refractivity contribution >= 4 is 5.69 Å². The van der Waals surface area contributed by atoms with Gasteiger partial charge in [0.1, 0.15) is 0 Å². The maximum atomic E-state index is 13.8. The third kappa shape index (κ3) is 2.07. The summed E-state index contributed by atoms with van der Waals surface area (Å²) in [6.07, 6.45) is 0.712. The number of nitrogens with zero attached hydrogens (tertiary/aromatic N) is 1. The van der Waals surface area contributed by atoms with Gasteiger partial charge in [-0.1, -0.05) is 6.92 Å². The van der Waals surface area contributed by atoms with Crippen LogP contribution in [0.25, 0.3) is 0 Å². The average molecular weight is 258 g/mol. The first kappa shape index (κ1) is 13.2. The van der Waals surface area contributed by atoms with Gasteiger partial charge >= 0.3 is 0 Å². The van der Waals surface area contributed by atoms with Gasteiger partial charge in [-0.3, -0.25) is 0 Å². The van der Waals surface area contributed by atoms with Gasteiger partial charge in [0, 0.05) is 18.6 Å². The lowest BCUT2D eigenvalue weighted by Gasteiger charge is -2.42. The van der Waals surface area contributed by atoms with E-state index >= 15 is 0 Å². The molecular weight excluding hydrogens is 241 g/mol. The molecule has 1 fully saturated rings. The lowest BCUT2D eigenvalue weighted by molar-refractivity contribution is 0.312. The monoisotopic (exact) mass is 258 g/mol. The Morgan fingerprint density at radius 3 is 2.50 bits per heavy atom. The van der Waals surface area contributed by atoms with E-state index in [1.165, 1.54) is 6.07 Å². The normalized spacial score (nSPS) is 28.6. The molecule has 3 atom stereocenters. The maximum absolute atomic E-state index is 13.8. The largest absolute Gasteiger partial charge is 0.366 e. The minimum Gasteiger partial charge on any atom is -0.366 e. The van der Waals surface area contributed by atoms with Crippen molar-refractivity contribution in [3.05, 3.63) is 29.6 Å². The number of anilines is 1. The Morgan fingerprint density at radius 1 is 1.17 bits per heavy atom. The first-order valence-corrected chi connectivity index (χ1v) is 6.09. The quantitative estimate of drug-likeness (QED) is 0.785. The molecule has 1 saturated heterocycles. The van der Waals surface area contributed by atoms with Gasteiger partial charge in [0.2, 0.25) is 0 Å². The minimum absolute atomic E-state index is 0.00638. The van der Waals surface area contributed by atoms with Crippen molar-refractivity contribution in [2.24, 2.45) is 11.7 Å². The van der Waals surface area contributed by atoms with Gasteiger partial charge in [-0.25, -0.2) is 13.2 Å². The van der Waals surface area contributed by atoms with Crippen molar-refractivity contribution in [2.45, 2.75) is 32.4 Å². The second-order valence-corrected chi connectivity index (χ2v) is 4.94. The zero-order valence-corrected chi connectivity index (χ0v) is 10.5. The summed E-state index contributed by atoms with van der Waals surface area (Å²) in [5.41, 5.74) is 6.06. The predicted molar refractivity (Wildman–Crippen MR) is 64.9 cm³/mol. The van der Waals surface area contributed by atoms with Crippen molar-refractivity contribution < 1.29 is 13.2 Å². The van der Waals surface area contributed by atoms with Crippen LogP contribution in [-0.2, 0) is 0 Å². The van der Waals surface area contributed by atoms with E-state index in [9.17, 15) is 13.2 Å². The number of rotatable bonds is 1. The van der Waals surface area contributed by atoms with Crippen LogP contribution >= 0.6 is 0 Å². The van der Waals surface area contributed by atoms with Crippen LogP contribution in [-0.4, -0.2) is 18.6 Å². The van der Waals surface area contributed by atoms with Crippen LogP contribution in [0.2, 0.25) is 0 Å². The highest BCUT2D eigenvalue weighted by Gasteiger charge is 2.32. The van der Waals surface area contributed by atoms with E-state index < -0.39 is 17.5 Å². The molecule has 1 aliphatic rings. The lowest BCUT2D eigenvalue weighted by Crippen LogP contribution is -2.52. The van der Waals surface area contributed by atoms with E-state index in [2.05, 4.69) is 0 Å². The molecule has 18 heavy (non-hydrogen) atoms. The zero-order chi connectivity index (χ0) is 13.4. The molecule has 1 aromatic carbocycles. The summed E-state index contributed by atoms with van der Waals surface area (Å²) in [4.78, 5) is 1.76. The summed E-state index contributed by atoms with van der Waals surface area (Å²) in [6, 6.07) is 2.30. The summed E-state index contributed by atoms with van der Waals surface area (Å²) in [6.45, 7) is 4.46. The molecule has 1 heterocycles. The zero-order valence-electron chi connectivity index (χ0n) is 10.5. The second-order valence-electron chi connectivity index (χ2n) is 4.94. The van der Waals surface area contributed by atoms with E-state index in [-0.39, 0.29) is 23.7 Å². The molecule has 5 heteroatoms. The highest BCUT2D eigenvalue weighted by molar-refractivity contribution is 5.50. The van der Waals surface area contributed by atoms with Crippen LogP contribution in [0.3, 0.4) is 0 Å². The molecule has 2 N–H and O–H groups in total. The number of hydrogen-bond acceptors (Lipinski definition) is 2. The second kappa shape index (κ2) is 4.80. The van der Waals surface area contributed by atoms with Crippen molar-refractivity contribution in [1.29, 1.82) is 0 Å². The molecule has 100 valence electrons. The van der Waals surface area contributed by atoms with Gasteiger partial charge in [-0.15, -0.1) is 0 Å². The van der Waals surface area contributed by atoms with Gasteiger partial charge in [-0.2, -0.15) is 0 Å². The van der Waals surface area contributed by atoms with Crippen molar-refractivity contribution in [1.82, 2.24) is 0 Å². The molecule has 0 aliphatic carbocycles. The molecule has 1 aliphatic heterocycles. The summed E-state index contributed by atoms with van der Waals surface area (Å²) in [5, 5.41) is 0. The third-order valence-corrected chi connectivity index (χ3v) is 3.96. The van der Waals surface area contributed by atoms with Gasteiger partial charge < -0.3 is 10.6 Å².